The Morgan fingerprint density at radius 1 is 1.00 bits per heavy atom. The number of H-pyrrole nitrogens is 1. The second-order valence-corrected chi connectivity index (χ2v) is 7.50. The average molecular weight is 376 g/mol. The number of fused-ring (bicyclic) bond motifs is 4. The molecule has 5 heteroatoms. The maximum Gasteiger partial charge on any atom is 0.0924 e. The molecular formula is C23H29N5. The van der Waals surface area contributed by atoms with Crippen molar-refractivity contribution >= 4 is 32.8 Å². The van der Waals surface area contributed by atoms with Gasteiger partial charge in [0.1, 0.15) is 0 Å². The van der Waals surface area contributed by atoms with Crippen molar-refractivity contribution in [1.29, 1.82) is 0 Å². The van der Waals surface area contributed by atoms with E-state index in [9.17, 15) is 0 Å². The number of pyridine rings is 1. The molecule has 4 aromatic rings. The van der Waals surface area contributed by atoms with Crippen LogP contribution in [0.1, 0.15) is 12.8 Å². The van der Waals surface area contributed by atoms with E-state index < -0.39 is 0 Å². The lowest BCUT2D eigenvalue weighted by Gasteiger charge is -2.15. The molecule has 0 saturated heterocycles. The lowest BCUT2D eigenvalue weighted by molar-refractivity contribution is 0.328. The van der Waals surface area contributed by atoms with Crippen molar-refractivity contribution in [1.82, 2.24) is 14.5 Å². The molecule has 146 valence electrons. The number of aromatic nitrogens is 2. The number of benzene rings is 2. The van der Waals surface area contributed by atoms with Crippen LogP contribution in [0.4, 0.5) is 0 Å². The molecule has 3 N–H and O–H groups in total. The van der Waals surface area contributed by atoms with Crippen LogP contribution in [0.2, 0.25) is 0 Å². The van der Waals surface area contributed by atoms with Crippen LogP contribution in [-0.4, -0.2) is 47.7 Å². The van der Waals surface area contributed by atoms with E-state index in [4.69, 9.17) is 10.7 Å². The van der Waals surface area contributed by atoms with Crippen LogP contribution < -0.4 is 11.1 Å². The molecule has 0 aliphatic carbocycles. The van der Waals surface area contributed by atoms with E-state index in [2.05, 4.69) is 77.1 Å². The first-order chi connectivity index (χ1) is 13.7. The molecule has 2 aromatic carbocycles. The summed E-state index contributed by atoms with van der Waals surface area (Å²) in [5.41, 5.74) is 10.3. The number of rotatable bonds is 7. The Balaban J connectivity index is 1.78. The maximum absolute atomic E-state index is 5.61. The molecule has 0 spiro atoms. The number of para-hydroxylation sites is 2. The summed E-state index contributed by atoms with van der Waals surface area (Å²) >= 11 is 0. The van der Waals surface area contributed by atoms with Gasteiger partial charge >= 0.3 is 0 Å². The van der Waals surface area contributed by atoms with Crippen molar-refractivity contribution in [3.63, 3.8) is 0 Å². The molecule has 0 aliphatic heterocycles. The van der Waals surface area contributed by atoms with Crippen molar-refractivity contribution in [2.45, 2.75) is 12.8 Å². The molecule has 0 saturated carbocycles. The first-order valence-corrected chi connectivity index (χ1v) is 10.1. The molecule has 0 aliphatic rings. The van der Waals surface area contributed by atoms with Crippen molar-refractivity contribution in [3.05, 3.63) is 53.9 Å². The van der Waals surface area contributed by atoms with Gasteiger partial charge in [0.15, 0.2) is 0 Å². The van der Waals surface area contributed by atoms with Gasteiger partial charge in [-0.25, -0.2) is 0 Å². The minimum atomic E-state index is 0.750. The normalized spacial score (nSPS) is 12.8. The third kappa shape index (κ3) is 3.43. The molecule has 0 bridgehead atoms. The van der Waals surface area contributed by atoms with Gasteiger partial charge in [-0.2, -0.15) is 0 Å². The predicted octanol–water partition coefficient (Wildman–Crippen LogP) is 3.38. The van der Waals surface area contributed by atoms with E-state index in [-0.39, 0.29) is 0 Å². The topological polar surface area (TPSA) is 62.3 Å². The highest BCUT2D eigenvalue weighted by atomic mass is 15.1. The molecule has 2 heterocycles. The summed E-state index contributed by atoms with van der Waals surface area (Å²) in [7, 11) is 4.30. The summed E-state index contributed by atoms with van der Waals surface area (Å²) in [6.45, 7) is 3.65. The smallest absolute Gasteiger partial charge is 0.0924 e. The second kappa shape index (κ2) is 8.17. The number of hydrogen-bond donors (Lipinski definition) is 2. The van der Waals surface area contributed by atoms with E-state index in [1.807, 2.05) is 0 Å². The van der Waals surface area contributed by atoms with Gasteiger partial charge in [0.25, 0.3) is 0 Å². The zero-order valence-corrected chi connectivity index (χ0v) is 16.8. The number of nitrogens with zero attached hydrogens (tertiary/aromatic N) is 3. The fourth-order valence-electron chi connectivity index (χ4n) is 4.04. The second-order valence-electron chi connectivity index (χ2n) is 7.50. The summed E-state index contributed by atoms with van der Waals surface area (Å²) in [6, 6.07) is 17.0. The molecule has 5 nitrogen and oxygen atoms in total. The van der Waals surface area contributed by atoms with Gasteiger partial charge < -0.3 is 20.2 Å². The van der Waals surface area contributed by atoms with E-state index in [1.54, 1.807) is 0 Å². The number of nitrogens with one attached hydrogen (secondary N) is 1. The molecule has 28 heavy (non-hydrogen) atoms. The summed E-state index contributed by atoms with van der Waals surface area (Å²) in [6.07, 6.45) is 2.08. The molecule has 0 amide bonds. The highest BCUT2D eigenvalue weighted by Crippen LogP contribution is 2.26. The highest BCUT2D eigenvalue weighted by molar-refractivity contribution is 6.08. The monoisotopic (exact) mass is 375 g/mol. The number of nitrogens with two attached hydrogens (primary N) is 1. The Bertz CT molecular complexity index is 1170. The standard InChI is InChI=1S/C23H29N5/c1-27(15-7-13-24)16-8-14-25-21-18-10-4-6-12-20(18)28(2)23-17-9-3-5-11-19(17)26-22(21)23/h3-6,9-12,26H,7-8,13-16,24H2,1-2H3. The lowest BCUT2D eigenvalue weighted by Crippen LogP contribution is -2.23. The van der Waals surface area contributed by atoms with E-state index in [0.717, 1.165) is 55.4 Å². The van der Waals surface area contributed by atoms with Crippen LogP contribution in [0.25, 0.3) is 32.8 Å². The Hall–Kier alpha value is -2.63. The molecule has 4 rings (SSSR count). The first-order valence-electron chi connectivity index (χ1n) is 10.1. The third-order valence-electron chi connectivity index (χ3n) is 5.48. The van der Waals surface area contributed by atoms with Crippen molar-refractivity contribution in [2.24, 2.45) is 17.8 Å². The molecule has 0 fully saturated rings. The van der Waals surface area contributed by atoms with E-state index in [0.29, 0.717) is 0 Å². The number of hydrogen-bond acceptors (Lipinski definition) is 3. The Labute approximate surface area is 165 Å². The Morgan fingerprint density at radius 2 is 1.71 bits per heavy atom. The summed E-state index contributed by atoms with van der Waals surface area (Å²) in [5.74, 6) is 0. The number of aromatic amines is 1. The van der Waals surface area contributed by atoms with Crippen LogP contribution in [0.3, 0.4) is 0 Å². The van der Waals surface area contributed by atoms with Gasteiger partial charge in [0.2, 0.25) is 0 Å². The largest absolute Gasteiger partial charge is 0.351 e. The van der Waals surface area contributed by atoms with E-state index in [1.165, 1.54) is 21.8 Å². The molecule has 0 radical (unpaired) electrons. The van der Waals surface area contributed by atoms with Crippen molar-refractivity contribution < 1.29 is 0 Å². The van der Waals surface area contributed by atoms with Crippen LogP contribution >= 0.6 is 0 Å². The summed E-state index contributed by atoms with van der Waals surface area (Å²) in [4.78, 5) is 11.0. The lowest BCUT2D eigenvalue weighted by atomic mass is 10.1. The zero-order chi connectivity index (χ0) is 19.5. The minimum absolute atomic E-state index is 0.750. The molecular weight excluding hydrogens is 346 g/mol. The quantitative estimate of drug-likeness (QED) is 0.487. The minimum Gasteiger partial charge on any atom is -0.351 e. The summed E-state index contributed by atoms with van der Waals surface area (Å²) < 4.78 is 2.28. The zero-order valence-electron chi connectivity index (χ0n) is 16.8. The van der Waals surface area contributed by atoms with Gasteiger partial charge in [-0.3, -0.25) is 4.99 Å². The van der Waals surface area contributed by atoms with Crippen LogP contribution in [0.15, 0.2) is 53.5 Å². The van der Waals surface area contributed by atoms with Crippen molar-refractivity contribution in [3.8, 4) is 0 Å². The fraction of sp³-hybridized carbons (Fsp3) is 0.348. The van der Waals surface area contributed by atoms with Gasteiger partial charge in [0.05, 0.1) is 21.9 Å². The van der Waals surface area contributed by atoms with E-state index >= 15 is 0 Å². The number of aryl methyl sites for hydroxylation is 1. The average Bonchev–Trinajstić information content (AvgIpc) is 3.11. The predicted molar refractivity (Wildman–Crippen MR) is 118 cm³/mol. The van der Waals surface area contributed by atoms with Gasteiger partial charge in [-0.15, -0.1) is 0 Å². The summed E-state index contributed by atoms with van der Waals surface area (Å²) in [5, 5.41) is 3.51. The van der Waals surface area contributed by atoms with Gasteiger partial charge in [-0.1, -0.05) is 36.4 Å². The van der Waals surface area contributed by atoms with Crippen LogP contribution in [0, 0.1) is 0 Å². The SMILES string of the molecule is CN(CCCN)CCCN=c1c2ccccc2n(C)c2c1[nH]c1ccccc12. The van der Waals surface area contributed by atoms with Gasteiger partial charge in [-0.05, 0) is 51.7 Å². The Kier molecular flexibility index (Phi) is 5.46. The highest BCUT2D eigenvalue weighted by Gasteiger charge is 2.12. The molecule has 2 aromatic heterocycles. The van der Waals surface area contributed by atoms with Crippen molar-refractivity contribution in [2.75, 3.05) is 33.2 Å². The molecule has 0 atom stereocenters. The molecule has 0 unspecified atom stereocenters. The Morgan fingerprint density at radius 3 is 2.54 bits per heavy atom. The fourth-order valence-corrected chi connectivity index (χ4v) is 4.04. The van der Waals surface area contributed by atoms with Crippen LogP contribution in [0.5, 0.6) is 0 Å². The maximum atomic E-state index is 5.61. The third-order valence-corrected chi connectivity index (χ3v) is 5.48. The van der Waals surface area contributed by atoms with Gasteiger partial charge in [0, 0.05) is 29.9 Å². The first kappa shape index (κ1) is 18.7. The van der Waals surface area contributed by atoms with Crippen LogP contribution in [-0.2, 0) is 7.05 Å².